The van der Waals surface area contributed by atoms with Gasteiger partial charge in [0.05, 0.1) is 12.4 Å². The molecule has 0 bridgehead atoms. The smallest absolute Gasteiger partial charge is 0.223 e. The van der Waals surface area contributed by atoms with Gasteiger partial charge in [0.2, 0.25) is 5.91 Å². The third-order valence-electron chi connectivity index (χ3n) is 2.30. The molecule has 2 rings (SSSR count). The van der Waals surface area contributed by atoms with Gasteiger partial charge in [-0.2, -0.15) is 0 Å². The van der Waals surface area contributed by atoms with Gasteiger partial charge >= 0.3 is 0 Å². The molecule has 1 heterocycles. The predicted molar refractivity (Wildman–Crippen MR) is 69.0 cm³/mol. The summed E-state index contributed by atoms with van der Waals surface area (Å²) < 4.78 is 0.866. The molecule has 1 aromatic rings. The van der Waals surface area contributed by atoms with Crippen LogP contribution >= 0.6 is 22.6 Å². The highest BCUT2D eigenvalue weighted by Crippen LogP contribution is 2.28. The second-order valence-electron chi connectivity index (χ2n) is 3.72. The highest BCUT2D eigenvalue weighted by molar-refractivity contribution is 14.1. The van der Waals surface area contributed by atoms with Crippen LogP contribution < -0.4 is 10.6 Å². The minimum Gasteiger partial charge on any atom is -0.367 e. The van der Waals surface area contributed by atoms with Crippen molar-refractivity contribution >= 4 is 34.3 Å². The van der Waals surface area contributed by atoms with E-state index in [9.17, 15) is 4.79 Å². The number of hydrogen-bond donors (Lipinski definition) is 2. The van der Waals surface area contributed by atoms with E-state index in [0.717, 1.165) is 22.4 Å². The molecule has 1 aromatic heterocycles. The quantitative estimate of drug-likeness (QED) is 0.624. The zero-order chi connectivity index (χ0) is 11.4. The summed E-state index contributed by atoms with van der Waals surface area (Å²) in [5.41, 5.74) is 0. The van der Waals surface area contributed by atoms with Crippen LogP contribution in [0.3, 0.4) is 0 Å². The lowest BCUT2D eigenvalue weighted by molar-refractivity contribution is -0.122. The molecule has 6 heteroatoms. The van der Waals surface area contributed by atoms with Gasteiger partial charge in [-0.25, -0.2) is 9.97 Å². The van der Waals surface area contributed by atoms with Gasteiger partial charge in [0.15, 0.2) is 0 Å². The van der Waals surface area contributed by atoms with Crippen molar-refractivity contribution in [2.24, 2.45) is 5.92 Å². The Morgan fingerprint density at radius 2 is 2.19 bits per heavy atom. The van der Waals surface area contributed by atoms with Gasteiger partial charge < -0.3 is 10.6 Å². The summed E-state index contributed by atoms with van der Waals surface area (Å²) in [5.74, 6) is 1.19. The van der Waals surface area contributed by atoms with E-state index in [-0.39, 0.29) is 11.8 Å². The van der Waals surface area contributed by atoms with Crippen molar-refractivity contribution in [2.75, 3.05) is 18.4 Å². The maximum absolute atomic E-state index is 11.3. The van der Waals surface area contributed by atoms with Gasteiger partial charge in [0, 0.05) is 19.0 Å². The molecule has 0 spiro atoms. The van der Waals surface area contributed by atoms with Gasteiger partial charge in [-0.1, -0.05) is 0 Å². The van der Waals surface area contributed by atoms with Crippen molar-refractivity contribution in [1.82, 2.24) is 15.3 Å². The highest BCUT2D eigenvalue weighted by atomic mass is 127. The van der Waals surface area contributed by atoms with E-state index >= 15 is 0 Å². The van der Waals surface area contributed by atoms with Gasteiger partial charge in [0.1, 0.15) is 9.52 Å². The number of carbonyl (C=O) groups is 1. The van der Waals surface area contributed by atoms with Crippen LogP contribution in [0, 0.1) is 9.62 Å². The van der Waals surface area contributed by atoms with Crippen molar-refractivity contribution in [3.05, 3.63) is 16.1 Å². The molecule has 5 nitrogen and oxygen atoms in total. The van der Waals surface area contributed by atoms with Crippen LogP contribution in [0.5, 0.6) is 0 Å². The maximum atomic E-state index is 11.3. The average molecular weight is 332 g/mol. The molecule has 2 N–H and O–H groups in total. The molecular formula is C10H13IN4O. The van der Waals surface area contributed by atoms with Crippen LogP contribution in [0.1, 0.15) is 12.8 Å². The van der Waals surface area contributed by atoms with Crippen molar-refractivity contribution in [3.8, 4) is 0 Å². The normalized spacial score (nSPS) is 14.6. The zero-order valence-corrected chi connectivity index (χ0v) is 10.9. The molecule has 0 atom stereocenters. The largest absolute Gasteiger partial charge is 0.367 e. The van der Waals surface area contributed by atoms with E-state index in [0.29, 0.717) is 13.1 Å². The Morgan fingerprint density at radius 1 is 1.38 bits per heavy atom. The fourth-order valence-corrected chi connectivity index (χ4v) is 1.55. The first-order valence-electron chi connectivity index (χ1n) is 5.25. The van der Waals surface area contributed by atoms with Crippen LogP contribution in [0.2, 0.25) is 0 Å². The Morgan fingerprint density at radius 3 is 2.81 bits per heavy atom. The summed E-state index contributed by atoms with van der Waals surface area (Å²) >= 11 is 2.11. The van der Waals surface area contributed by atoms with E-state index in [4.69, 9.17) is 0 Å². The Balaban J connectivity index is 1.63. The first-order valence-corrected chi connectivity index (χ1v) is 6.33. The fraction of sp³-hybridized carbons (Fsp3) is 0.500. The fourth-order valence-electron chi connectivity index (χ4n) is 1.27. The number of hydrogen-bond acceptors (Lipinski definition) is 4. The molecular weight excluding hydrogens is 319 g/mol. The summed E-state index contributed by atoms with van der Waals surface area (Å²) in [4.78, 5) is 19.5. The lowest BCUT2D eigenvalue weighted by atomic mass is 10.4. The third kappa shape index (κ3) is 3.58. The number of nitrogens with one attached hydrogen (secondary N) is 2. The Kier molecular flexibility index (Phi) is 3.92. The Bertz CT molecular complexity index is 364. The topological polar surface area (TPSA) is 66.9 Å². The lowest BCUT2D eigenvalue weighted by Crippen LogP contribution is -2.29. The first kappa shape index (κ1) is 11.6. The van der Waals surface area contributed by atoms with E-state index in [1.165, 1.54) is 0 Å². The summed E-state index contributed by atoms with van der Waals surface area (Å²) in [6.45, 7) is 1.30. The number of halogens is 1. The van der Waals surface area contributed by atoms with Gasteiger partial charge in [-0.05, 0) is 35.4 Å². The number of anilines is 1. The molecule has 1 amide bonds. The van der Waals surface area contributed by atoms with E-state index in [2.05, 4.69) is 43.2 Å². The van der Waals surface area contributed by atoms with Crippen LogP contribution in [0.25, 0.3) is 0 Å². The number of nitrogens with zero attached hydrogens (tertiary/aromatic N) is 2. The Hall–Kier alpha value is -0.920. The second-order valence-corrected chi connectivity index (χ2v) is 4.82. The van der Waals surface area contributed by atoms with Crippen molar-refractivity contribution < 1.29 is 4.79 Å². The van der Waals surface area contributed by atoms with E-state index in [1.54, 1.807) is 12.4 Å². The number of aromatic nitrogens is 2. The minimum atomic E-state index is 0.176. The highest BCUT2D eigenvalue weighted by Gasteiger charge is 2.28. The van der Waals surface area contributed by atoms with Crippen molar-refractivity contribution in [2.45, 2.75) is 12.8 Å². The molecule has 1 aliphatic carbocycles. The monoisotopic (exact) mass is 332 g/mol. The van der Waals surface area contributed by atoms with Crippen LogP contribution in [0.15, 0.2) is 12.4 Å². The maximum Gasteiger partial charge on any atom is 0.223 e. The molecule has 86 valence electrons. The zero-order valence-electron chi connectivity index (χ0n) is 8.74. The molecule has 1 aliphatic rings. The van der Waals surface area contributed by atoms with Crippen LogP contribution in [-0.4, -0.2) is 29.0 Å². The molecule has 16 heavy (non-hydrogen) atoms. The van der Waals surface area contributed by atoms with Gasteiger partial charge in [0.25, 0.3) is 0 Å². The number of rotatable bonds is 5. The summed E-state index contributed by atoms with van der Waals surface area (Å²) in [5, 5.41) is 5.97. The molecule has 1 fully saturated rings. The lowest BCUT2D eigenvalue weighted by Gasteiger charge is -2.06. The molecule has 0 aliphatic heterocycles. The van der Waals surface area contributed by atoms with Crippen LogP contribution in [-0.2, 0) is 4.79 Å². The van der Waals surface area contributed by atoms with E-state index < -0.39 is 0 Å². The van der Waals surface area contributed by atoms with Crippen molar-refractivity contribution in [3.63, 3.8) is 0 Å². The average Bonchev–Trinajstić information content (AvgIpc) is 3.10. The molecule has 0 unspecified atom stereocenters. The number of carbonyl (C=O) groups excluding carboxylic acids is 1. The first-order chi connectivity index (χ1) is 7.75. The van der Waals surface area contributed by atoms with Crippen molar-refractivity contribution in [1.29, 1.82) is 0 Å². The standard InChI is InChI=1S/C10H13IN4O/c11-8-5-15-9(6-14-8)12-3-4-13-10(16)7-1-2-7/h5-7H,1-4H2,(H,12,15)(H,13,16). The molecule has 0 aromatic carbocycles. The van der Waals surface area contributed by atoms with E-state index in [1.807, 2.05) is 0 Å². The summed E-state index contributed by atoms with van der Waals surface area (Å²) in [6.07, 6.45) is 5.47. The number of amides is 1. The third-order valence-corrected chi connectivity index (χ3v) is 2.86. The molecule has 0 saturated heterocycles. The summed E-state index contributed by atoms with van der Waals surface area (Å²) in [7, 11) is 0. The molecule has 1 saturated carbocycles. The Labute approximate surface area is 108 Å². The second kappa shape index (κ2) is 5.42. The predicted octanol–water partition coefficient (Wildman–Crippen LogP) is 1.02. The van der Waals surface area contributed by atoms with Gasteiger partial charge in [-0.3, -0.25) is 4.79 Å². The van der Waals surface area contributed by atoms with Crippen LogP contribution in [0.4, 0.5) is 5.82 Å². The van der Waals surface area contributed by atoms with Gasteiger partial charge in [-0.15, -0.1) is 0 Å². The minimum absolute atomic E-state index is 0.176. The summed E-state index contributed by atoms with van der Waals surface area (Å²) in [6, 6.07) is 0. The SMILES string of the molecule is O=C(NCCNc1cnc(I)cn1)C1CC1. The molecule has 0 radical (unpaired) electrons.